The fraction of sp³-hybridized carbons (Fsp3) is 0.385. The number of carbonyl (C=O) groups excluding carboxylic acids is 1. The number of amides is 1. The summed E-state index contributed by atoms with van der Waals surface area (Å²) in [6.07, 6.45) is 3.10. The molecule has 1 amide bonds. The smallest absolute Gasteiger partial charge is 0.305 e. The Morgan fingerprint density at radius 3 is 2.39 bits per heavy atom. The van der Waals surface area contributed by atoms with Crippen LogP contribution in [0.5, 0.6) is 0 Å². The molecule has 0 radical (unpaired) electrons. The molecule has 0 aliphatic rings. The summed E-state index contributed by atoms with van der Waals surface area (Å²) in [6, 6.07) is 0. The lowest BCUT2D eigenvalue weighted by atomic mass is 10.1. The van der Waals surface area contributed by atoms with E-state index in [-0.39, 0.29) is 31.1 Å². The van der Waals surface area contributed by atoms with Gasteiger partial charge in [0.1, 0.15) is 5.76 Å². The summed E-state index contributed by atoms with van der Waals surface area (Å²) < 4.78 is 0. The Kier molecular flexibility index (Phi) is 7.19. The van der Waals surface area contributed by atoms with Crippen LogP contribution >= 0.6 is 0 Å². The summed E-state index contributed by atoms with van der Waals surface area (Å²) in [5, 5.41) is 20.5. The Balaban J connectivity index is 4.26. The second kappa shape index (κ2) is 8.11. The summed E-state index contributed by atoms with van der Waals surface area (Å²) in [4.78, 5) is 21.6. The Labute approximate surface area is 107 Å². The van der Waals surface area contributed by atoms with Gasteiger partial charge in [-0.2, -0.15) is 0 Å². The molecule has 0 aromatic heterocycles. The van der Waals surface area contributed by atoms with Crippen LogP contribution < -0.4 is 5.32 Å². The largest absolute Gasteiger partial charge is 0.507 e. The number of hydrogen-bond acceptors (Lipinski definition) is 3. The second-order valence-electron chi connectivity index (χ2n) is 3.82. The first-order valence-corrected chi connectivity index (χ1v) is 5.56. The standard InChI is InChI=1S/C13H19NO4/c1-4-9(2)13(18)10(3)5-6-11(15)14-8-7-12(16)17/h4-5,18H,1,6-8H2,2-3H3,(H,14,15)(H,16,17)/b10-5-,13-9+. The van der Waals surface area contributed by atoms with Gasteiger partial charge in [0.25, 0.3) is 0 Å². The van der Waals surface area contributed by atoms with Crippen LogP contribution in [0, 0.1) is 0 Å². The average molecular weight is 253 g/mol. The van der Waals surface area contributed by atoms with Crippen LogP contribution in [0.3, 0.4) is 0 Å². The van der Waals surface area contributed by atoms with Crippen molar-refractivity contribution in [3.05, 3.63) is 35.6 Å². The number of aliphatic hydroxyl groups is 1. The van der Waals surface area contributed by atoms with E-state index in [4.69, 9.17) is 5.11 Å². The van der Waals surface area contributed by atoms with Gasteiger partial charge in [0.05, 0.1) is 6.42 Å². The van der Waals surface area contributed by atoms with E-state index in [1.54, 1.807) is 19.9 Å². The van der Waals surface area contributed by atoms with Gasteiger partial charge in [0.2, 0.25) is 5.91 Å². The molecule has 0 aliphatic heterocycles. The van der Waals surface area contributed by atoms with Crippen molar-refractivity contribution in [3.8, 4) is 0 Å². The number of carboxylic acid groups (broad SMARTS) is 1. The van der Waals surface area contributed by atoms with Gasteiger partial charge in [-0.05, 0) is 25.0 Å². The summed E-state index contributed by atoms with van der Waals surface area (Å²) in [5.41, 5.74) is 1.22. The number of aliphatic hydroxyl groups excluding tert-OH is 1. The molecule has 0 fully saturated rings. The zero-order chi connectivity index (χ0) is 14.1. The lowest BCUT2D eigenvalue weighted by Gasteiger charge is -2.04. The third-order valence-electron chi connectivity index (χ3n) is 2.31. The van der Waals surface area contributed by atoms with E-state index in [1.807, 2.05) is 0 Å². The molecule has 3 N–H and O–H groups in total. The van der Waals surface area contributed by atoms with E-state index in [1.165, 1.54) is 6.08 Å². The highest BCUT2D eigenvalue weighted by atomic mass is 16.4. The third kappa shape index (κ3) is 6.52. The summed E-state index contributed by atoms with van der Waals surface area (Å²) in [5.74, 6) is -1.13. The molecule has 5 nitrogen and oxygen atoms in total. The van der Waals surface area contributed by atoms with Gasteiger partial charge in [-0.15, -0.1) is 0 Å². The van der Waals surface area contributed by atoms with Crippen molar-refractivity contribution in [2.24, 2.45) is 0 Å². The van der Waals surface area contributed by atoms with Crippen LogP contribution in [-0.2, 0) is 9.59 Å². The molecule has 5 heteroatoms. The Bertz CT molecular complexity index is 394. The van der Waals surface area contributed by atoms with E-state index in [0.29, 0.717) is 11.1 Å². The third-order valence-corrected chi connectivity index (χ3v) is 2.31. The highest BCUT2D eigenvalue weighted by Crippen LogP contribution is 2.12. The molecule has 0 saturated carbocycles. The molecule has 18 heavy (non-hydrogen) atoms. The van der Waals surface area contributed by atoms with Gasteiger partial charge in [0.15, 0.2) is 0 Å². The van der Waals surface area contributed by atoms with Gasteiger partial charge in [-0.3, -0.25) is 9.59 Å². The second-order valence-corrected chi connectivity index (χ2v) is 3.82. The molecule has 0 bridgehead atoms. The number of carboxylic acids is 1. The van der Waals surface area contributed by atoms with E-state index in [2.05, 4.69) is 11.9 Å². The number of aliphatic carboxylic acids is 1. The number of nitrogens with one attached hydrogen (secondary N) is 1. The summed E-state index contributed by atoms with van der Waals surface area (Å²) in [6.45, 7) is 7.04. The predicted octanol–water partition coefficient (Wildman–Crippen LogP) is 1.93. The lowest BCUT2D eigenvalue weighted by molar-refractivity contribution is -0.136. The summed E-state index contributed by atoms with van der Waals surface area (Å²) >= 11 is 0. The fourth-order valence-electron chi connectivity index (χ4n) is 1.13. The molecule has 0 atom stereocenters. The quantitative estimate of drug-likeness (QED) is 0.478. The highest BCUT2D eigenvalue weighted by molar-refractivity contribution is 5.78. The monoisotopic (exact) mass is 253 g/mol. The van der Waals surface area contributed by atoms with E-state index in [9.17, 15) is 14.7 Å². The first-order valence-electron chi connectivity index (χ1n) is 5.56. The normalized spacial score (nSPS) is 12.7. The van der Waals surface area contributed by atoms with Gasteiger partial charge in [-0.1, -0.05) is 18.7 Å². The number of allylic oxidation sites excluding steroid dienone is 3. The van der Waals surface area contributed by atoms with Crippen molar-refractivity contribution >= 4 is 11.9 Å². The van der Waals surface area contributed by atoms with Crippen LogP contribution in [0.1, 0.15) is 26.7 Å². The zero-order valence-electron chi connectivity index (χ0n) is 10.7. The van der Waals surface area contributed by atoms with Crippen molar-refractivity contribution in [1.29, 1.82) is 0 Å². The SMILES string of the molecule is C=C/C(C)=C(O)\C(C)=C/CC(=O)NCCC(=O)O. The number of carbonyl (C=O) groups is 2. The molecule has 0 aliphatic carbocycles. The molecule has 0 aromatic rings. The van der Waals surface area contributed by atoms with E-state index in [0.717, 1.165) is 0 Å². The van der Waals surface area contributed by atoms with E-state index >= 15 is 0 Å². The molecule has 0 rings (SSSR count). The molecular formula is C13H19NO4. The molecular weight excluding hydrogens is 234 g/mol. The van der Waals surface area contributed by atoms with Crippen molar-refractivity contribution in [2.45, 2.75) is 26.7 Å². The molecule has 0 spiro atoms. The first-order chi connectivity index (χ1) is 8.38. The molecule has 0 heterocycles. The predicted molar refractivity (Wildman–Crippen MR) is 69.2 cm³/mol. The number of hydrogen-bond donors (Lipinski definition) is 3. The molecule has 0 saturated heterocycles. The van der Waals surface area contributed by atoms with Crippen molar-refractivity contribution < 1.29 is 19.8 Å². The van der Waals surface area contributed by atoms with Gasteiger partial charge >= 0.3 is 5.97 Å². The van der Waals surface area contributed by atoms with Crippen LogP contribution in [-0.4, -0.2) is 28.6 Å². The van der Waals surface area contributed by atoms with E-state index < -0.39 is 5.97 Å². The number of rotatable bonds is 7. The summed E-state index contributed by atoms with van der Waals surface area (Å²) in [7, 11) is 0. The van der Waals surface area contributed by atoms with Gasteiger partial charge in [0, 0.05) is 13.0 Å². The maximum absolute atomic E-state index is 11.3. The highest BCUT2D eigenvalue weighted by Gasteiger charge is 2.03. The van der Waals surface area contributed by atoms with Gasteiger partial charge < -0.3 is 15.5 Å². The van der Waals surface area contributed by atoms with Crippen LogP contribution in [0.2, 0.25) is 0 Å². The van der Waals surface area contributed by atoms with Gasteiger partial charge in [-0.25, -0.2) is 0 Å². The fourth-order valence-corrected chi connectivity index (χ4v) is 1.13. The minimum absolute atomic E-state index is 0.0972. The zero-order valence-corrected chi connectivity index (χ0v) is 10.7. The van der Waals surface area contributed by atoms with Crippen LogP contribution in [0.25, 0.3) is 0 Å². The van der Waals surface area contributed by atoms with Crippen molar-refractivity contribution in [1.82, 2.24) is 5.32 Å². The van der Waals surface area contributed by atoms with Crippen molar-refractivity contribution in [2.75, 3.05) is 6.54 Å². The van der Waals surface area contributed by atoms with Crippen LogP contribution in [0.15, 0.2) is 35.6 Å². The van der Waals surface area contributed by atoms with Crippen molar-refractivity contribution in [3.63, 3.8) is 0 Å². The molecule has 0 aromatic carbocycles. The topological polar surface area (TPSA) is 86.6 Å². The average Bonchev–Trinajstić information content (AvgIpc) is 2.33. The first kappa shape index (κ1) is 16.0. The maximum atomic E-state index is 11.3. The minimum atomic E-state index is -0.954. The Morgan fingerprint density at radius 1 is 1.28 bits per heavy atom. The minimum Gasteiger partial charge on any atom is -0.507 e. The lowest BCUT2D eigenvalue weighted by Crippen LogP contribution is -2.25. The molecule has 0 unspecified atom stereocenters. The maximum Gasteiger partial charge on any atom is 0.305 e. The molecule has 100 valence electrons. The Morgan fingerprint density at radius 2 is 1.89 bits per heavy atom. The van der Waals surface area contributed by atoms with Crippen LogP contribution in [0.4, 0.5) is 0 Å². The Hall–Kier alpha value is -2.04.